The SMILES string of the molecule is Cc1nccn1CCCN1CC(C(=O)NCCCc2ccc(Cl)c(Cl)c2)=C(O)C1=O. The van der Waals surface area contributed by atoms with Crippen molar-refractivity contribution in [2.24, 2.45) is 0 Å². The number of aromatic nitrogens is 2. The number of aliphatic hydroxyl groups is 1. The predicted octanol–water partition coefficient (Wildman–Crippen LogP) is 3.29. The van der Waals surface area contributed by atoms with Gasteiger partial charge in [0.25, 0.3) is 11.8 Å². The van der Waals surface area contributed by atoms with E-state index < -0.39 is 17.6 Å². The van der Waals surface area contributed by atoms with E-state index in [1.807, 2.05) is 23.8 Å². The van der Waals surface area contributed by atoms with Gasteiger partial charge in [-0.15, -0.1) is 0 Å². The molecule has 0 fully saturated rings. The van der Waals surface area contributed by atoms with Crippen LogP contribution >= 0.6 is 23.2 Å². The largest absolute Gasteiger partial charge is 0.503 e. The highest BCUT2D eigenvalue weighted by atomic mass is 35.5. The van der Waals surface area contributed by atoms with Gasteiger partial charge < -0.3 is 19.9 Å². The summed E-state index contributed by atoms with van der Waals surface area (Å²) >= 11 is 11.9. The Morgan fingerprint density at radius 1 is 1.23 bits per heavy atom. The van der Waals surface area contributed by atoms with Gasteiger partial charge in [-0.2, -0.15) is 0 Å². The molecule has 30 heavy (non-hydrogen) atoms. The summed E-state index contributed by atoms with van der Waals surface area (Å²) in [5.74, 6) is -0.471. The van der Waals surface area contributed by atoms with Crippen LogP contribution in [0.4, 0.5) is 0 Å². The maximum absolute atomic E-state index is 12.4. The first-order valence-corrected chi connectivity index (χ1v) is 10.5. The standard InChI is InChI=1S/C21H24Cl2N4O3/c1-14-24-8-11-26(14)9-3-10-27-13-16(19(28)21(27)30)20(29)25-7-2-4-15-5-6-17(22)18(23)12-15/h5-6,8,11-12,28H,2-4,7,9-10,13H2,1H3,(H,25,29). The first kappa shape index (κ1) is 22.2. The lowest BCUT2D eigenvalue weighted by atomic mass is 10.1. The number of hydrogen-bond donors (Lipinski definition) is 2. The van der Waals surface area contributed by atoms with Crippen molar-refractivity contribution in [1.82, 2.24) is 19.8 Å². The van der Waals surface area contributed by atoms with Gasteiger partial charge in [-0.3, -0.25) is 9.59 Å². The number of rotatable bonds is 9. The Morgan fingerprint density at radius 2 is 2.03 bits per heavy atom. The number of benzene rings is 1. The molecule has 1 aliphatic heterocycles. The quantitative estimate of drug-likeness (QED) is 0.573. The molecule has 0 aliphatic carbocycles. The molecule has 3 rings (SSSR count). The second kappa shape index (κ2) is 10.00. The molecule has 160 valence electrons. The van der Waals surface area contributed by atoms with E-state index in [0.717, 1.165) is 17.8 Å². The minimum absolute atomic E-state index is 0.117. The fourth-order valence-corrected chi connectivity index (χ4v) is 3.67. The molecule has 0 spiro atoms. The summed E-state index contributed by atoms with van der Waals surface area (Å²) in [4.78, 5) is 30.3. The number of hydrogen-bond acceptors (Lipinski definition) is 4. The molecule has 9 heteroatoms. The summed E-state index contributed by atoms with van der Waals surface area (Å²) in [6.45, 7) is 3.62. The second-order valence-electron chi connectivity index (χ2n) is 7.18. The molecule has 2 amide bonds. The Hall–Kier alpha value is -2.51. The van der Waals surface area contributed by atoms with Gasteiger partial charge in [0.2, 0.25) is 0 Å². The van der Waals surface area contributed by atoms with E-state index in [4.69, 9.17) is 23.2 Å². The third-order valence-corrected chi connectivity index (χ3v) is 5.80. The lowest BCUT2D eigenvalue weighted by Crippen LogP contribution is -2.31. The van der Waals surface area contributed by atoms with E-state index in [9.17, 15) is 14.7 Å². The van der Waals surface area contributed by atoms with Crippen LogP contribution in [0.5, 0.6) is 0 Å². The highest BCUT2D eigenvalue weighted by molar-refractivity contribution is 6.42. The normalized spacial score (nSPS) is 14.0. The van der Waals surface area contributed by atoms with Gasteiger partial charge in [-0.25, -0.2) is 4.98 Å². The summed E-state index contributed by atoms with van der Waals surface area (Å²) in [7, 11) is 0. The molecule has 0 atom stereocenters. The minimum atomic E-state index is -0.502. The fourth-order valence-electron chi connectivity index (χ4n) is 3.34. The van der Waals surface area contributed by atoms with E-state index in [2.05, 4.69) is 10.3 Å². The first-order valence-electron chi connectivity index (χ1n) is 9.78. The lowest BCUT2D eigenvalue weighted by molar-refractivity contribution is -0.127. The maximum Gasteiger partial charge on any atom is 0.289 e. The smallest absolute Gasteiger partial charge is 0.289 e. The van der Waals surface area contributed by atoms with Gasteiger partial charge in [0, 0.05) is 32.0 Å². The highest BCUT2D eigenvalue weighted by Crippen LogP contribution is 2.23. The van der Waals surface area contributed by atoms with Crippen molar-refractivity contribution in [3.63, 3.8) is 0 Å². The molecule has 2 aromatic rings. The number of aliphatic hydroxyl groups excluding tert-OH is 1. The van der Waals surface area contributed by atoms with Crippen LogP contribution in [-0.2, 0) is 22.6 Å². The van der Waals surface area contributed by atoms with E-state index in [1.165, 1.54) is 4.90 Å². The summed E-state index contributed by atoms with van der Waals surface area (Å²) in [5, 5.41) is 13.9. The third kappa shape index (κ3) is 5.34. The van der Waals surface area contributed by atoms with Crippen molar-refractivity contribution in [2.45, 2.75) is 32.7 Å². The van der Waals surface area contributed by atoms with Crippen LogP contribution in [0.3, 0.4) is 0 Å². The fraction of sp³-hybridized carbons (Fsp3) is 0.381. The van der Waals surface area contributed by atoms with Crippen molar-refractivity contribution in [3.8, 4) is 0 Å². The van der Waals surface area contributed by atoms with Crippen molar-refractivity contribution < 1.29 is 14.7 Å². The zero-order valence-electron chi connectivity index (χ0n) is 16.7. The Kier molecular flexibility index (Phi) is 7.39. The number of halogens is 2. The average molecular weight is 451 g/mol. The number of nitrogens with zero attached hydrogens (tertiary/aromatic N) is 3. The molecule has 1 aromatic carbocycles. The molecule has 0 saturated heterocycles. The molecule has 2 heterocycles. The molecule has 0 saturated carbocycles. The van der Waals surface area contributed by atoms with E-state index in [1.54, 1.807) is 18.3 Å². The monoisotopic (exact) mass is 450 g/mol. The molecule has 0 unspecified atom stereocenters. The van der Waals surface area contributed by atoms with Gasteiger partial charge in [-0.1, -0.05) is 29.3 Å². The van der Waals surface area contributed by atoms with Crippen LogP contribution < -0.4 is 5.32 Å². The van der Waals surface area contributed by atoms with E-state index in [0.29, 0.717) is 42.5 Å². The van der Waals surface area contributed by atoms with Crippen LogP contribution in [0.1, 0.15) is 24.2 Å². The molecule has 7 nitrogen and oxygen atoms in total. The van der Waals surface area contributed by atoms with Crippen LogP contribution in [0.15, 0.2) is 41.9 Å². The number of nitrogens with one attached hydrogen (secondary N) is 1. The number of amides is 2. The molecular weight excluding hydrogens is 427 g/mol. The van der Waals surface area contributed by atoms with Crippen LogP contribution in [0, 0.1) is 6.92 Å². The van der Waals surface area contributed by atoms with Gasteiger partial charge >= 0.3 is 0 Å². The lowest BCUT2D eigenvalue weighted by Gasteiger charge is -2.16. The predicted molar refractivity (Wildman–Crippen MR) is 116 cm³/mol. The Bertz CT molecular complexity index is 971. The van der Waals surface area contributed by atoms with Crippen LogP contribution in [-0.4, -0.2) is 51.0 Å². The van der Waals surface area contributed by atoms with Crippen molar-refractivity contribution in [2.75, 3.05) is 19.6 Å². The zero-order valence-corrected chi connectivity index (χ0v) is 18.2. The molecule has 1 aliphatic rings. The molecular formula is C21H24Cl2N4O3. The zero-order chi connectivity index (χ0) is 21.7. The van der Waals surface area contributed by atoms with Gasteiger partial charge in [0.05, 0.1) is 22.2 Å². The van der Waals surface area contributed by atoms with Crippen molar-refractivity contribution in [3.05, 3.63) is 63.4 Å². The highest BCUT2D eigenvalue weighted by Gasteiger charge is 2.33. The Morgan fingerprint density at radius 3 is 2.73 bits per heavy atom. The molecule has 2 N–H and O–H groups in total. The number of carbonyl (C=O) groups is 2. The number of carbonyl (C=O) groups excluding carboxylic acids is 2. The topological polar surface area (TPSA) is 87.5 Å². The first-order chi connectivity index (χ1) is 14.4. The average Bonchev–Trinajstić information content (AvgIpc) is 3.25. The number of imidazole rings is 1. The van der Waals surface area contributed by atoms with E-state index >= 15 is 0 Å². The molecule has 0 bridgehead atoms. The molecule has 1 aromatic heterocycles. The molecule has 0 radical (unpaired) electrons. The van der Waals surface area contributed by atoms with Crippen molar-refractivity contribution >= 4 is 35.0 Å². The van der Waals surface area contributed by atoms with Crippen LogP contribution in [0.2, 0.25) is 10.0 Å². The summed E-state index contributed by atoms with van der Waals surface area (Å²) in [6, 6.07) is 5.44. The minimum Gasteiger partial charge on any atom is -0.503 e. The van der Waals surface area contributed by atoms with Crippen molar-refractivity contribution in [1.29, 1.82) is 0 Å². The number of aryl methyl sites for hydroxylation is 3. The summed E-state index contributed by atoms with van der Waals surface area (Å²) < 4.78 is 2.00. The van der Waals surface area contributed by atoms with Gasteiger partial charge in [0.1, 0.15) is 5.82 Å². The summed E-state index contributed by atoms with van der Waals surface area (Å²) in [5.41, 5.74) is 1.14. The third-order valence-electron chi connectivity index (χ3n) is 5.06. The maximum atomic E-state index is 12.4. The van der Waals surface area contributed by atoms with Gasteiger partial charge in [0.15, 0.2) is 5.76 Å². The Balaban J connectivity index is 1.43. The van der Waals surface area contributed by atoms with Gasteiger partial charge in [-0.05, 0) is 43.9 Å². The summed E-state index contributed by atoms with van der Waals surface area (Å²) in [6.07, 6.45) is 5.73. The Labute approximate surface area is 185 Å². The van der Waals surface area contributed by atoms with Crippen LogP contribution in [0.25, 0.3) is 0 Å². The van der Waals surface area contributed by atoms with E-state index in [-0.39, 0.29) is 12.1 Å². The second-order valence-corrected chi connectivity index (χ2v) is 8.00.